The molecule has 0 aromatic heterocycles. The highest BCUT2D eigenvalue weighted by molar-refractivity contribution is 5.03. The first kappa shape index (κ1) is 11.1. The Morgan fingerprint density at radius 3 is 2.50 bits per heavy atom. The second-order valence-electron chi connectivity index (χ2n) is 7.64. The highest BCUT2D eigenvalue weighted by atomic mass is 14.6. The standard InChI is InChI=1S/C16H28/c1-4-16(2,3)10-12-8-11-9-15(12)14-7-5-6-13(11)14/h11-15H,4-10H2,1-3H3. The van der Waals surface area contributed by atoms with E-state index in [1.54, 1.807) is 32.1 Å². The van der Waals surface area contributed by atoms with Gasteiger partial charge in [-0.15, -0.1) is 0 Å². The molecular formula is C16H28. The second kappa shape index (κ2) is 3.75. The maximum absolute atomic E-state index is 2.48. The first-order valence-corrected chi connectivity index (χ1v) is 7.61. The summed E-state index contributed by atoms with van der Waals surface area (Å²) in [6.45, 7) is 7.32. The Bertz CT molecular complexity index is 265. The van der Waals surface area contributed by atoms with Gasteiger partial charge < -0.3 is 0 Å². The Hall–Kier alpha value is 0. The van der Waals surface area contributed by atoms with Crippen molar-refractivity contribution in [3.05, 3.63) is 0 Å². The highest BCUT2D eigenvalue weighted by Gasteiger charge is 2.53. The molecule has 0 aliphatic heterocycles. The topological polar surface area (TPSA) is 0 Å². The van der Waals surface area contributed by atoms with Crippen molar-refractivity contribution in [1.82, 2.24) is 0 Å². The molecule has 0 amide bonds. The van der Waals surface area contributed by atoms with Crippen LogP contribution in [0.4, 0.5) is 0 Å². The van der Waals surface area contributed by atoms with Crippen LogP contribution in [-0.4, -0.2) is 0 Å². The summed E-state index contributed by atoms with van der Waals surface area (Å²) >= 11 is 0. The fourth-order valence-electron chi connectivity index (χ4n) is 5.30. The van der Waals surface area contributed by atoms with E-state index < -0.39 is 0 Å². The average molecular weight is 220 g/mol. The molecule has 3 fully saturated rings. The smallest absolute Gasteiger partial charge is 0.0352 e. The summed E-state index contributed by atoms with van der Waals surface area (Å²) in [4.78, 5) is 0. The minimum atomic E-state index is 0.600. The van der Waals surface area contributed by atoms with Crippen LogP contribution in [-0.2, 0) is 0 Å². The Kier molecular flexibility index (Phi) is 2.60. The quantitative estimate of drug-likeness (QED) is 0.635. The predicted molar refractivity (Wildman–Crippen MR) is 69.2 cm³/mol. The van der Waals surface area contributed by atoms with Crippen LogP contribution in [0.25, 0.3) is 0 Å². The molecule has 5 unspecified atom stereocenters. The van der Waals surface area contributed by atoms with Gasteiger partial charge in [0.1, 0.15) is 0 Å². The Labute approximate surface area is 101 Å². The van der Waals surface area contributed by atoms with Gasteiger partial charge in [0.05, 0.1) is 0 Å². The third-order valence-electron chi connectivity index (χ3n) is 6.34. The lowest BCUT2D eigenvalue weighted by Crippen LogP contribution is -2.28. The molecule has 3 rings (SSSR count). The van der Waals surface area contributed by atoms with Crippen molar-refractivity contribution in [3.8, 4) is 0 Å². The molecule has 3 aliphatic rings. The molecule has 3 aliphatic carbocycles. The fourth-order valence-corrected chi connectivity index (χ4v) is 5.30. The maximum Gasteiger partial charge on any atom is -0.0352 e. The molecule has 0 saturated heterocycles. The minimum Gasteiger partial charge on any atom is -0.0649 e. The van der Waals surface area contributed by atoms with E-state index in [4.69, 9.17) is 0 Å². The van der Waals surface area contributed by atoms with Crippen molar-refractivity contribution in [2.24, 2.45) is 35.0 Å². The molecule has 0 nitrogen and oxygen atoms in total. The minimum absolute atomic E-state index is 0.600. The zero-order valence-corrected chi connectivity index (χ0v) is 11.3. The molecule has 0 aromatic rings. The molecule has 0 heterocycles. The van der Waals surface area contributed by atoms with Gasteiger partial charge in [0, 0.05) is 0 Å². The van der Waals surface area contributed by atoms with Gasteiger partial charge in [-0.3, -0.25) is 0 Å². The van der Waals surface area contributed by atoms with Crippen molar-refractivity contribution in [2.45, 2.75) is 65.7 Å². The summed E-state index contributed by atoms with van der Waals surface area (Å²) in [5, 5.41) is 0. The Morgan fingerprint density at radius 1 is 1.00 bits per heavy atom. The molecule has 16 heavy (non-hydrogen) atoms. The van der Waals surface area contributed by atoms with Crippen LogP contribution in [0.15, 0.2) is 0 Å². The maximum atomic E-state index is 2.48. The zero-order valence-electron chi connectivity index (χ0n) is 11.3. The van der Waals surface area contributed by atoms with Gasteiger partial charge in [0.25, 0.3) is 0 Å². The normalized spacial score (nSPS) is 46.3. The Balaban J connectivity index is 1.68. The predicted octanol–water partition coefficient (Wildman–Crippen LogP) is 4.89. The van der Waals surface area contributed by atoms with Crippen LogP contribution in [0, 0.1) is 35.0 Å². The van der Waals surface area contributed by atoms with Gasteiger partial charge in [0.15, 0.2) is 0 Å². The van der Waals surface area contributed by atoms with Crippen molar-refractivity contribution in [1.29, 1.82) is 0 Å². The van der Waals surface area contributed by atoms with E-state index in [1.807, 2.05) is 0 Å². The van der Waals surface area contributed by atoms with E-state index in [1.165, 1.54) is 18.8 Å². The lowest BCUT2D eigenvalue weighted by Gasteiger charge is -2.36. The first-order chi connectivity index (χ1) is 7.61. The van der Waals surface area contributed by atoms with E-state index in [2.05, 4.69) is 20.8 Å². The molecule has 0 N–H and O–H groups in total. The van der Waals surface area contributed by atoms with Crippen molar-refractivity contribution in [2.75, 3.05) is 0 Å². The first-order valence-electron chi connectivity index (χ1n) is 7.61. The Morgan fingerprint density at radius 2 is 1.75 bits per heavy atom. The molecule has 5 atom stereocenters. The largest absolute Gasteiger partial charge is 0.0649 e. The molecular weight excluding hydrogens is 192 g/mol. The fraction of sp³-hybridized carbons (Fsp3) is 1.00. The van der Waals surface area contributed by atoms with Gasteiger partial charge in [-0.05, 0) is 67.1 Å². The van der Waals surface area contributed by atoms with Gasteiger partial charge in [0.2, 0.25) is 0 Å². The molecule has 0 radical (unpaired) electrons. The third-order valence-corrected chi connectivity index (χ3v) is 6.34. The van der Waals surface area contributed by atoms with E-state index in [0.29, 0.717) is 5.41 Å². The van der Waals surface area contributed by atoms with Crippen LogP contribution < -0.4 is 0 Å². The number of fused-ring (bicyclic) bond motifs is 5. The van der Waals surface area contributed by atoms with Crippen LogP contribution >= 0.6 is 0 Å². The lowest BCUT2D eigenvalue weighted by molar-refractivity contribution is 0.136. The molecule has 0 spiro atoms. The highest BCUT2D eigenvalue weighted by Crippen LogP contribution is 2.62. The van der Waals surface area contributed by atoms with Gasteiger partial charge in [-0.2, -0.15) is 0 Å². The summed E-state index contributed by atoms with van der Waals surface area (Å²) < 4.78 is 0. The van der Waals surface area contributed by atoms with Crippen molar-refractivity contribution < 1.29 is 0 Å². The third kappa shape index (κ3) is 1.64. The molecule has 2 bridgehead atoms. The zero-order chi connectivity index (χ0) is 11.3. The summed E-state index contributed by atoms with van der Waals surface area (Å²) in [5.74, 6) is 5.72. The monoisotopic (exact) mass is 220 g/mol. The van der Waals surface area contributed by atoms with E-state index in [-0.39, 0.29) is 0 Å². The van der Waals surface area contributed by atoms with Gasteiger partial charge >= 0.3 is 0 Å². The van der Waals surface area contributed by atoms with E-state index in [9.17, 15) is 0 Å². The number of hydrogen-bond donors (Lipinski definition) is 0. The lowest BCUT2D eigenvalue weighted by atomic mass is 9.69. The summed E-state index contributed by atoms with van der Waals surface area (Å²) in [6, 6.07) is 0. The summed E-state index contributed by atoms with van der Waals surface area (Å²) in [7, 11) is 0. The number of rotatable bonds is 3. The van der Waals surface area contributed by atoms with Crippen molar-refractivity contribution in [3.63, 3.8) is 0 Å². The average Bonchev–Trinajstić information content (AvgIpc) is 2.85. The second-order valence-corrected chi connectivity index (χ2v) is 7.64. The van der Waals surface area contributed by atoms with Crippen LogP contribution in [0.5, 0.6) is 0 Å². The summed E-state index contributed by atoms with van der Waals surface area (Å²) in [6.07, 6.45) is 10.8. The molecule has 0 heteroatoms. The van der Waals surface area contributed by atoms with E-state index in [0.717, 1.165) is 23.7 Å². The molecule has 92 valence electrons. The van der Waals surface area contributed by atoms with Gasteiger partial charge in [-0.1, -0.05) is 33.6 Å². The van der Waals surface area contributed by atoms with Crippen LogP contribution in [0.1, 0.15) is 65.7 Å². The van der Waals surface area contributed by atoms with Crippen LogP contribution in [0.3, 0.4) is 0 Å². The van der Waals surface area contributed by atoms with Crippen LogP contribution in [0.2, 0.25) is 0 Å². The molecule has 3 saturated carbocycles. The van der Waals surface area contributed by atoms with Gasteiger partial charge in [-0.25, -0.2) is 0 Å². The van der Waals surface area contributed by atoms with E-state index >= 15 is 0 Å². The number of hydrogen-bond acceptors (Lipinski definition) is 0. The molecule has 0 aromatic carbocycles. The van der Waals surface area contributed by atoms with Crippen molar-refractivity contribution >= 4 is 0 Å². The summed E-state index contributed by atoms with van der Waals surface area (Å²) in [5.41, 5.74) is 0.600. The SMILES string of the molecule is CCC(C)(C)CC1CC2CC1C1CCCC21.